The minimum absolute atomic E-state index is 0.118. The van der Waals surface area contributed by atoms with Gasteiger partial charge < -0.3 is 15.3 Å². The molecule has 5 nitrogen and oxygen atoms in total. The second-order valence-electron chi connectivity index (χ2n) is 8.34. The fourth-order valence-corrected chi connectivity index (χ4v) is 4.97. The van der Waals surface area contributed by atoms with Crippen molar-refractivity contribution in [2.24, 2.45) is 5.92 Å². The first-order chi connectivity index (χ1) is 14.5. The second kappa shape index (κ2) is 9.09. The topological polar surface area (TPSA) is 69.6 Å². The molecule has 6 heteroatoms. The number of aromatic carboxylic acids is 1. The van der Waals surface area contributed by atoms with E-state index in [1.807, 2.05) is 12.1 Å². The number of halogens is 1. The van der Waals surface area contributed by atoms with Gasteiger partial charge in [0.25, 0.3) is 5.91 Å². The van der Waals surface area contributed by atoms with Crippen LogP contribution in [-0.2, 0) is 6.42 Å². The van der Waals surface area contributed by atoms with E-state index in [2.05, 4.69) is 10.2 Å². The Morgan fingerprint density at radius 3 is 2.67 bits per heavy atom. The Labute approximate surface area is 182 Å². The fraction of sp³-hybridized carbons (Fsp3) is 0.417. The Hall–Kier alpha value is -2.53. The molecule has 1 aliphatic heterocycles. The highest BCUT2D eigenvalue weighted by Gasteiger charge is 2.33. The molecule has 2 atom stereocenters. The first kappa shape index (κ1) is 20.7. The molecule has 0 aromatic heterocycles. The Morgan fingerprint density at radius 1 is 1.10 bits per heavy atom. The van der Waals surface area contributed by atoms with E-state index in [0.29, 0.717) is 29.6 Å². The molecule has 2 aromatic carbocycles. The van der Waals surface area contributed by atoms with E-state index in [-0.39, 0.29) is 11.5 Å². The van der Waals surface area contributed by atoms with Crippen molar-refractivity contribution in [1.29, 1.82) is 0 Å². The van der Waals surface area contributed by atoms with Gasteiger partial charge in [0.05, 0.1) is 11.1 Å². The van der Waals surface area contributed by atoms with Gasteiger partial charge >= 0.3 is 5.97 Å². The molecule has 158 valence electrons. The zero-order chi connectivity index (χ0) is 21.1. The summed E-state index contributed by atoms with van der Waals surface area (Å²) in [7, 11) is 0. The lowest BCUT2D eigenvalue weighted by Gasteiger charge is -2.45. The van der Waals surface area contributed by atoms with Crippen LogP contribution in [0.15, 0.2) is 42.5 Å². The van der Waals surface area contributed by atoms with Crippen molar-refractivity contribution in [3.63, 3.8) is 0 Å². The smallest absolute Gasteiger partial charge is 0.335 e. The lowest BCUT2D eigenvalue weighted by atomic mass is 9.79. The third-order valence-electron chi connectivity index (χ3n) is 6.39. The Balaban J connectivity index is 1.43. The van der Waals surface area contributed by atoms with E-state index in [0.717, 1.165) is 23.7 Å². The standard InChI is InChI=1S/C24H27ClN2O3/c25-19-8-9-22(27-13-11-17-2-1-3-20(27)14-17)21(15-19)23(28)26-12-10-16-4-6-18(7-5-16)24(29)30/h4-9,15,17,20H,1-3,10-14H2,(H,26,28)(H,29,30). The number of benzene rings is 2. The highest BCUT2D eigenvalue weighted by Crippen LogP contribution is 2.38. The summed E-state index contributed by atoms with van der Waals surface area (Å²) in [6.45, 7) is 1.47. The van der Waals surface area contributed by atoms with Crippen LogP contribution in [0.1, 0.15) is 58.4 Å². The zero-order valence-corrected chi connectivity index (χ0v) is 17.7. The molecule has 0 spiro atoms. The van der Waals surface area contributed by atoms with Gasteiger partial charge in [-0.2, -0.15) is 0 Å². The van der Waals surface area contributed by atoms with E-state index in [9.17, 15) is 9.59 Å². The average Bonchev–Trinajstić information content (AvgIpc) is 2.75. The molecule has 2 aromatic rings. The normalized spacial score (nSPS) is 20.6. The van der Waals surface area contributed by atoms with E-state index >= 15 is 0 Å². The lowest BCUT2D eigenvalue weighted by molar-refractivity contribution is 0.0696. The fourth-order valence-electron chi connectivity index (χ4n) is 4.80. The van der Waals surface area contributed by atoms with Gasteiger partial charge in [-0.1, -0.05) is 36.6 Å². The first-order valence-electron chi connectivity index (χ1n) is 10.7. The van der Waals surface area contributed by atoms with Crippen molar-refractivity contribution in [1.82, 2.24) is 5.32 Å². The zero-order valence-electron chi connectivity index (χ0n) is 16.9. The van der Waals surface area contributed by atoms with Crippen molar-refractivity contribution in [3.8, 4) is 0 Å². The third kappa shape index (κ3) is 4.62. The highest BCUT2D eigenvalue weighted by atomic mass is 35.5. The number of rotatable bonds is 6. The number of nitrogens with one attached hydrogen (secondary N) is 1. The number of hydrogen-bond donors (Lipinski definition) is 2. The summed E-state index contributed by atoms with van der Waals surface area (Å²) in [5.74, 6) is -0.227. The largest absolute Gasteiger partial charge is 0.478 e. The summed E-state index contributed by atoms with van der Waals surface area (Å²) in [5, 5.41) is 12.6. The second-order valence-corrected chi connectivity index (χ2v) is 8.77. The van der Waals surface area contributed by atoms with E-state index in [4.69, 9.17) is 16.7 Å². The van der Waals surface area contributed by atoms with Crippen molar-refractivity contribution in [2.45, 2.75) is 44.6 Å². The molecule has 2 fully saturated rings. The van der Waals surface area contributed by atoms with Crippen LogP contribution in [0.4, 0.5) is 5.69 Å². The Morgan fingerprint density at radius 2 is 1.90 bits per heavy atom. The molecular formula is C24H27ClN2O3. The van der Waals surface area contributed by atoms with Gasteiger partial charge in [-0.15, -0.1) is 0 Å². The SMILES string of the molecule is O=C(O)c1ccc(CCNC(=O)c2cc(Cl)ccc2N2CCC3CCCC2C3)cc1. The summed E-state index contributed by atoms with van der Waals surface area (Å²) in [5.41, 5.74) is 2.86. The quantitative estimate of drug-likeness (QED) is 0.697. The van der Waals surface area contributed by atoms with Gasteiger partial charge in [0, 0.05) is 29.8 Å². The molecule has 1 heterocycles. The number of carbonyl (C=O) groups is 2. The molecule has 2 aliphatic rings. The molecule has 2 bridgehead atoms. The van der Waals surface area contributed by atoms with Crippen molar-refractivity contribution in [2.75, 3.05) is 18.0 Å². The monoisotopic (exact) mass is 426 g/mol. The van der Waals surface area contributed by atoms with E-state index < -0.39 is 5.97 Å². The predicted molar refractivity (Wildman–Crippen MR) is 119 cm³/mol. The number of piperidine rings is 1. The van der Waals surface area contributed by atoms with Gasteiger partial charge in [0.1, 0.15) is 0 Å². The predicted octanol–water partition coefficient (Wildman–Crippen LogP) is 4.78. The summed E-state index contributed by atoms with van der Waals surface area (Å²) >= 11 is 6.23. The molecule has 1 aliphatic carbocycles. The average molecular weight is 427 g/mol. The van der Waals surface area contributed by atoms with Crippen LogP contribution >= 0.6 is 11.6 Å². The highest BCUT2D eigenvalue weighted by molar-refractivity contribution is 6.31. The maximum absolute atomic E-state index is 13.0. The summed E-state index contributed by atoms with van der Waals surface area (Å²) in [6, 6.07) is 12.9. The number of carboxylic acid groups (broad SMARTS) is 1. The van der Waals surface area contributed by atoms with Gasteiger partial charge in [-0.3, -0.25) is 4.79 Å². The molecule has 1 saturated carbocycles. The number of hydrogen-bond acceptors (Lipinski definition) is 3. The van der Waals surface area contributed by atoms with E-state index in [1.54, 1.807) is 30.3 Å². The molecule has 30 heavy (non-hydrogen) atoms. The summed E-state index contributed by atoms with van der Waals surface area (Å²) in [4.78, 5) is 26.4. The molecular weight excluding hydrogens is 400 g/mol. The van der Waals surface area contributed by atoms with Crippen LogP contribution in [-0.4, -0.2) is 36.1 Å². The van der Waals surface area contributed by atoms with Gasteiger partial charge in [-0.05, 0) is 67.5 Å². The van der Waals surface area contributed by atoms with Crippen LogP contribution in [0.2, 0.25) is 5.02 Å². The van der Waals surface area contributed by atoms with E-state index in [1.165, 1.54) is 32.1 Å². The Bertz CT molecular complexity index is 929. The first-order valence-corrected chi connectivity index (χ1v) is 11.1. The van der Waals surface area contributed by atoms with Crippen molar-refractivity contribution in [3.05, 3.63) is 64.2 Å². The summed E-state index contributed by atoms with van der Waals surface area (Å²) in [6.07, 6.45) is 6.83. The minimum atomic E-state index is -0.940. The van der Waals surface area contributed by atoms with Crippen LogP contribution in [0.25, 0.3) is 0 Å². The Kier molecular flexibility index (Phi) is 6.28. The van der Waals surface area contributed by atoms with Gasteiger partial charge in [-0.25, -0.2) is 4.79 Å². The minimum Gasteiger partial charge on any atom is -0.478 e. The molecule has 2 N–H and O–H groups in total. The number of carboxylic acids is 1. The van der Waals surface area contributed by atoms with Gasteiger partial charge in [0.2, 0.25) is 0 Å². The van der Waals surface area contributed by atoms with Crippen molar-refractivity contribution < 1.29 is 14.7 Å². The number of anilines is 1. The van der Waals surface area contributed by atoms with Gasteiger partial charge in [0.15, 0.2) is 0 Å². The summed E-state index contributed by atoms with van der Waals surface area (Å²) < 4.78 is 0. The maximum atomic E-state index is 13.0. The molecule has 2 unspecified atom stereocenters. The molecule has 1 amide bonds. The maximum Gasteiger partial charge on any atom is 0.335 e. The van der Waals surface area contributed by atoms with Crippen LogP contribution in [0, 0.1) is 5.92 Å². The molecule has 1 saturated heterocycles. The number of fused-ring (bicyclic) bond motifs is 2. The van der Waals surface area contributed by atoms with Crippen molar-refractivity contribution >= 4 is 29.2 Å². The molecule has 0 radical (unpaired) electrons. The number of carbonyl (C=O) groups excluding carboxylic acids is 1. The third-order valence-corrected chi connectivity index (χ3v) is 6.62. The van der Waals surface area contributed by atoms with Crippen LogP contribution < -0.4 is 10.2 Å². The number of amides is 1. The number of nitrogens with zero attached hydrogens (tertiary/aromatic N) is 1. The molecule has 4 rings (SSSR count). The van der Waals surface area contributed by atoms with Crippen LogP contribution in [0.3, 0.4) is 0 Å². The van der Waals surface area contributed by atoms with Crippen LogP contribution in [0.5, 0.6) is 0 Å². The lowest BCUT2D eigenvalue weighted by Crippen LogP contribution is -2.45.